The summed E-state index contributed by atoms with van der Waals surface area (Å²) in [7, 11) is 2.22. The van der Waals surface area contributed by atoms with Gasteiger partial charge in [-0.15, -0.1) is 0 Å². The molecular weight excluding hydrogens is 238 g/mol. The van der Waals surface area contributed by atoms with Gasteiger partial charge in [-0.2, -0.15) is 5.26 Å². The highest BCUT2D eigenvalue weighted by atomic mass is 16.3. The number of nitrogens with zero attached hydrogens (tertiary/aromatic N) is 2. The second kappa shape index (κ2) is 4.75. The van der Waals surface area contributed by atoms with E-state index in [0.29, 0.717) is 23.7 Å². The Kier molecular flexibility index (Phi) is 3.08. The Labute approximate surface area is 113 Å². The highest BCUT2D eigenvalue weighted by molar-refractivity contribution is 5.59. The molecule has 4 nitrogen and oxygen atoms in total. The van der Waals surface area contributed by atoms with Gasteiger partial charge in [0.2, 0.25) is 0 Å². The summed E-state index contributed by atoms with van der Waals surface area (Å²) in [6.07, 6.45) is 4.84. The molecule has 4 heteroatoms. The molecule has 1 aromatic carbocycles. The van der Waals surface area contributed by atoms with Crippen molar-refractivity contribution < 1.29 is 5.11 Å². The molecule has 3 rings (SSSR count). The molecule has 2 unspecified atom stereocenters. The van der Waals surface area contributed by atoms with E-state index in [1.807, 2.05) is 6.07 Å². The smallest absolute Gasteiger partial charge is 0.139 e. The van der Waals surface area contributed by atoms with Crippen LogP contribution in [-0.2, 0) is 0 Å². The lowest BCUT2D eigenvalue weighted by Crippen LogP contribution is -2.44. The predicted molar refractivity (Wildman–Crippen MR) is 74.0 cm³/mol. The monoisotopic (exact) mass is 257 g/mol. The summed E-state index contributed by atoms with van der Waals surface area (Å²) in [6, 6.07) is 8.87. The first kappa shape index (κ1) is 12.3. The molecule has 0 saturated carbocycles. The van der Waals surface area contributed by atoms with Crippen molar-refractivity contribution in [1.29, 1.82) is 5.26 Å². The van der Waals surface area contributed by atoms with Crippen molar-refractivity contribution in [2.24, 2.45) is 0 Å². The minimum absolute atomic E-state index is 0.172. The number of anilines is 1. The third-order valence-corrected chi connectivity index (χ3v) is 4.58. The first-order chi connectivity index (χ1) is 9.17. The van der Waals surface area contributed by atoms with Gasteiger partial charge in [0.1, 0.15) is 5.75 Å². The lowest BCUT2D eigenvalue weighted by atomic mass is 9.97. The molecule has 2 aliphatic heterocycles. The number of piperidine rings is 1. The largest absolute Gasteiger partial charge is 0.506 e. The molecule has 0 aliphatic carbocycles. The molecule has 2 saturated heterocycles. The zero-order valence-corrected chi connectivity index (χ0v) is 11.1. The average Bonchev–Trinajstić information content (AvgIpc) is 2.64. The number of rotatable bonds is 2. The van der Waals surface area contributed by atoms with Gasteiger partial charge in [-0.3, -0.25) is 0 Å². The fraction of sp³-hybridized carbons (Fsp3) is 0.533. The molecule has 19 heavy (non-hydrogen) atoms. The van der Waals surface area contributed by atoms with Crippen molar-refractivity contribution in [3.05, 3.63) is 23.8 Å². The van der Waals surface area contributed by atoms with Crippen molar-refractivity contribution in [1.82, 2.24) is 4.90 Å². The van der Waals surface area contributed by atoms with Crippen LogP contribution in [0.1, 0.15) is 31.2 Å². The van der Waals surface area contributed by atoms with Crippen molar-refractivity contribution in [2.45, 2.75) is 43.8 Å². The SMILES string of the molecule is CN1C2CCC1CC(Nc1ccc(C#N)cc1O)C2. The van der Waals surface area contributed by atoms with E-state index in [0.717, 1.165) is 18.5 Å². The van der Waals surface area contributed by atoms with Crippen molar-refractivity contribution in [3.63, 3.8) is 0 Å². The van der Waals surface area contributed by atoms with Crippen LogP contribution < -0.4 is 5.32 Å². The van der Waals surface area contributed by atoms with Crippen LogP contribution >= 0.6 is 0 Å². The van der Waals surface area contributed by atoms with Crippen LogP contribution in [0.15, 0.2) is 18.2 Å². The summed E-state index contributed by atoms with van der Waals surface area (Å²) >= 11 is 0. The summed E-state index contributed by atoms with van der Waals surface area (Å²) in [5.74, 6) is 0.172. The number of phenols is 1. The first-order valence-electron chi connectivity index (χ1n) is 6.89. The molecule has 2 fully saturated rings. The van der Waals surface area contributed by atoms with Crippen LogP contribution in [-0.4, -0.2) is 35.2 Å². The third-order valence-electron chi connectivity index (χ3n) is 4.58. The molecule has 2 atom stereocenters. The minimum atomic E-state index is 0.172. The number of nitrogens with one attached hydrogen (secondary N) is 1. The van der Waals surface area contributed by atoms with Crippen LogP contribution in [0.25, 0.3) is 0 Å². The molecule has 0 amide bonds. The Hall–Kier alpha value is -1.73. The zero-order chi connectivity index (χ0) is 13.4. The quantitative estimate of drug-likeness (QED) is 0.798. The van der Waals surface area contributed by atoms with Crippen molar-refractivity contribution in [2.75, 3.05) is 12.4 Å². The Morgan fingerprint density at radius 2 is 2.00 bits per heavy atom. The lowest BCUT2D eigenvalue weighted by molar-refractivity contribution is 0.169. The molecule has 0 aromatic heterocycles. The van der Waals surface area contributed by atoms with Gasteiger partial charge in [-0.25, -0.2) is 0 Å². The molecule has 2 aliphatic rings. The van der Waals surface area contributed by atoms with Crippen LogP contribution in [0.2, 0.25) is 0 Å². The summed E-state index contributed by atoms with van der Waals surface area (Å²) in [5.41, 5.74) is 1.24. The predicted octanol–water partition coefficient (Wildman–Crippen LogP) is 2.30. The summed E-state index contributed by atoms with van der Waals surface area (Å²) < 4.78 is 0. The summed E-state index contributed by atoms with van der Waals surface area (Å²) in [4.78, 5) is 2.50. The highest BCUT2D eigenvalue weighted by Gasteiger charge is 2.38. The number of phenolic OH excluding ortho intramolecular Hbond substituents is 1. The highest BCUT2D eigenvalue weighted by Crippen LogP contribution is 2.36. The maximum absolute atomic E-state index is 9.93. The number of benzene rings is 1. The third kappa shape index (κ3) is 2.26. The Bertz CT molecular complexity index is 509. The second-order valence-electron chi connectivity index (χ2n) is 5.71. The minimum Gasteiger partial charge on any atom is -0.506 e. The Morgan fingerprint density at radius 3 is 2.58 bits per heavy atom. The van der Waals surface area contributed by atoms with E-state index in [1.165, 1.54) is 18.9 Å². The van der Waals surface area contributed by atoms with E-state index in [1.54, 1.807) is 12.1 Å². The van der Waals surface area contributed by atoms with Gasteiger partial charge >= 0.3 is 0 Å². The van der Waals surface area contributed by atoms with Gasteiger partial charge in [-0.05, 0) is 50.9 Å². The van der Waals surface area contributed by atoms with E-state index in [4.69, 9.17) is 5.26 Å². The van der Waals surface area contributed by atoms with E-state index >= 15 is 0 Å². The van der Waals surface area contributed by atoms with Gasteiger partial charge in [0.05, 0.1) is 17.3 Å². The number of nitriles is 1. The average molecular weight is 257 g/mol. The van der Waals surface area contributed by atoms with Gasteiger partial charge < -0.3 is 15.3 Å². The zero-order valence-electron chi connectivity index (χ0n) is 11.1. The second-order valence-corrected chi connectivity index (χ2v) is 5.71. The number of hydrogen-bond acceptors (Lipinski definition) is 4. The van der Waals surface area contributed by atoms with E-state index in [-0.39, 0.29) is 5.75 Å². The van der Waals surface area contributed by atoms with Crippen molar-refractivity contribution in [3.8, 4) is 11.8 Å². The van der Waals surface area contributed by atoms with Crippen molar-refractivity contribution >= 4 is 5.69 Å². The van der Waals surface area contributed by atoms with E-state index < -0.39 is 0 Å². The maximum atomic E-state index is 9.93. The fourth-order valence-corrected chi connectivity index (χ4v) is 3.47. The van der Waals surface area contributed by atoms with Crippen LogP contribution in [0.3, 0.4) is 0 Å². The first-order valence-corrected chi connectivity index (χ1v) is 6.89. The number of fused-ring (bicyclic) bond motifs is 2. The fourth-order valence-electron chi connectivity index (χ4n) is 3.47. The molecule has 0 radical (unpaired) electrons. The van der Waals surface area contributed by atoms with Gasteiger partial charge in [0.25, 0.3) is 0 Å². The summed E-state index contributed by atoms with van der Waals surface area (Å²) in [6.45, 7) is 0. The normalized spacial score (nSPS) is 30.0. The molecule has 2 heterocycles. The maximum Gasteiger partial charge on any atom is 0.139 e. The standard InChI is InChI=1S/C15H19N3O/c1-18-12-3-4-13(18)8-11(7-12)17-14-5-2-10(9-16)6-15(14)19/h2,5-6,11-13,17,19H,3-4,7-8H2,1H3. The molecular formula is C15H19N3O. The summed E-state index contributed by atoms with van der Waals surface area (Å²) in [5, 5.41) is 22.2. The number of hydrogen-bond donors (Lipinski definition) is 2. The van der Waals surface area contributed by atoms with Gasteiger partial charge in [-0.1, -0.05) is 0 Å². The molecule has 2 N–H and O–H groups in total. The molecule has 1 aromatic rings. The molecule has 2 bridgehead atoms. The van der Waals surface area contributed by atoms with Gasteiger partial charge in [0.15, 0.2) is 0 Å². The molecule has 0 spiro atoms. The Balaban J connectivity index is 1.71. The van der Waals surface area contributed by atoms with Gasteiger partial charge in [0, 0.05) is 18.1 Å². The number of aromatic hydroxyl groups is 1. The van der Waals surface area contributed by atoms with Crippen LogP contribution in [0.4, 0.5) is 5.69 Å². The topological polar surface area (TPSA) is 59.3 Å². The van der Waals surface area contributed by atoms with E-state index in [9.17, 15) is 5.11 Å². The molecule has 100 valence electrons. The Morgan fingerprint density at radius 1 is 1.32 bits per heavy atom. The van der Waals surface area contributed by atoms with Crippen LogP contribution in [0, 0.1) is 11.3 Å². The van der Waals surface area contributed by atoms with E-state index in [2.05, 4.69) is 17.3 Å². The van der Waals surface area contributed by atoms with Crippen LogP contribution in [0.5, 0.6) is 5.75 Å². The lowest BCUT2D eigenvalue weighted by Gasteiger charge is -2.37.